The SMILES string of the molecule is CC[C@@H](C)CN(CC(=O)N1CCc2sccc2[C@H]1COc1ccc(Cl)cc1)C(=O)c1ccccc1C. The fraction of sp³-hybridized carbons (Fsp3) is 0.379. The van der Waals surface area contributed by atoms with Gasteiger partial charge in [-0.2, -0.15) is 0 Å². The number of rotatable bonds is 9. The molecule has 0 aliphatic carbocycles. The molecule has 2 heterocycles. The molecular formula is C29H33ClN2O3S. The number of carbonyl (C=O) groups excluding carboxylic acids is 2. The first-order valence-corrected chi connectivity index (χ1v) is 13.7. The molecule has 0 radical (unpaired) electrons. The van der Waals surface area contributed by atoms with Crippen molar-refractivity contribution in [3.63, 3.8) is 0 Å². The molecular weight excluding hydrogens is 492 g/mol. The molecule has 2 aromatic carbocycles. The Labute approximate surface area is 222 Å². The minimum Gasteiger partial charge on any atom is -0.491 e. The van der Waals surface area contributed by atoms with Crippen LogP contribution in [0.2, 0.25) is 5.02 Å². The number of benzene rings is 2. The van der Waals surface area contributed by atoms with E-state index >= 15 is 0 Å². The van der Waals surface area contributed by atoms with Crippen molar-refractivity contribution < 1.29 is 14.3 Å². The topological polar surface area (TPSA) is 49.9 Å². The number of fused-ring (bicyclic) bond motifs is 1. The largest absolute Gasteiger partial charge is 0.491 e. The summed E-state index contributed by atoms with van der Waals surface area (Å²) < 4.78 is 6.10. The molecule has 0 saturated carbocycles. The lowest BCUT2D eigenvalue weighted by Gasteiger charge is -2.37. The minimum atomic E-state index is -0.206. The first kappa shape index (κ1) is 26.2. The number of ether oxygens (including phenoxy) is 1. The third-order valence-corrected chi connectivity index (χ3v) is 8.10. The van der Waals surface area contributed by atoms with Crippen molar-refractivity contribution in [1.29, 1.82) is 0 Å². The summed E-state index contributed by atoms with van der Waals surface area (Å²) in [7, 11) is 0. The highest BCUT2D eigenvalue weighted by Gasteiger charge is 2.34. The Morgan fingerprint density at radius 1 is 1.17 bits per heavy atom. The Morgan fingerprint density at radius 2 is 1.92 bits per heavy atom. The van der Waals surface area contributed by atoms with Crippen LogP contribution >= 0.6 is 22.9 Å². The van der Waals surface area contributed by atoms with Crippen LogP contribution in [0.4, 0.5) is 0 Å². The maximum absolute atomic E-state index is 13.8. The number of thiophene rings is 1. The molecule has 0 unspecified atom stereocenters. The van der Waals surface area contributed by atoms with Gasteiger partial charge in [-0.25, -0.2) is 0 Å². The van der Waals surface area contributed by atoms with Crippen molar-refractivity contribution in [2.45, 2.75) is 39.7 Å². The van der Waals surface area contributed by atoms with Crippen LogP contribution in [0.5, 0.6) is 5.75 Å². The zero-order valence-electron chi connectivity index (χ0n) is 21.1. The van der Waals surface area contributed by atoms with E-state index in [0.717, 1.165) is 24.0 Å². The highest BCUT2D eigenvalue weighted by Crippen LogP contribution is 2.34. The van der Waals surface area contributed by atoms with Crippen molar-refractivity contribution in [1.82, 2.24) is 9.80 Å². The van der Waals surface area contributed by atoms with Gasteiger partial charge < -0.3 is 14.5 Å². The molecule has 4 rings (SSSR count). The van der Waals surface area contributed by atoms with E-state index in [4.69, 9.17) is 16.3 Å². The monoisotopic (exact) mass is 524 g/mol. The molecule has 2 atom stereocenters. The van der Waals surface area contributed by atoms with Crippen LogP contribution in [0.3, 0.4) is 0 Å². The third kappa shape index (κ3) is 6.11. The van der Waals surface area contributed by atoms with Crippen LogP contribution in [0.1, 0.15) is 52.7 Å². The second-order valence-electron chi connectivity index (χ2n) is 9.43. The molecule has 2 amide bonds. The first-order chi connectivity index (χ1) is 17.4. The summed E-state index contributed by atoms with van der Waals surface area (Å²) in [4.78, 5) is 32.2. The number of halogens is 1. The number of hydrogen-bond donors (Lipinski definition) is 0. The molecule has 1 aliphatic heterocycles. The predicted molar refractivity (Wildman–Crippen MR) is 146 cm³/mol. The van der Waals surface area contributed by atoms with Crippen LogP contribution < -0.4 is 4.74 Å². The minimum absolute atomic E-state index is 0.0500. The molecule has 0 spiro atoms. The Kier molecular flexibility index (Phi) is 8.70. The molecule has 1 aliphatic rings. The highest BCUT2D eigenvalue weighted by atomic mass is 35.5. The average molecular weight is 525 g/mol. The summed E-state index contributed by atoms with van der Waals surface area (Å²) in [5, 5.41) is 2.72. The van der Waals surface area contributed by atoms with E-state index in [2.05, 4.69) is 25.3 Å². The second kappa shape index (κ2) is 11.9. The quantitative estimate of drug-likeness (QED) is 0.325. The smallest absolute Gasteiger partial charge is 0.254 e. The Bertz CT molecular complexity index is 1190. The zero-order valence-corrected chi connectivity index (χ0v) is 22.6. The van der Waals surface area contributed by atoms with Gasteiger partial charge >= 0.3 is 0 Å². The van der Waals surface area contributed by atoms with Crippen LogP contribution in [0, 0.1) is 12.8 Å². The van der Waals surface area contributed by atoms with Crippen LogP contribution in [0.15, 0.2) is 60.0 Å². The molecule has 7 heteroatoms. The van der Waals surface area contributed by atoms with E-state index in [9.17, 15) is 9.59 Å². The maximum Gasteiger partial charge on any atom is 0.254 e. The number of amides is 2. The maximum atomic E-state index is 13.8. The summed E-state index contributed by atoms with van der Waals surface area (Å²) >= 11 is 7.73. The first-order valence-electron chi connectivity index (χ1n) is 12.5. The third-order valence-electron chi connectivity index (χ3n) is 6.85. The molecule has 190 valence electrons. The fourth-order valence-corrected chi connectivity index (χ4v) is 5.60. The summed E-state index contributed by atoms with van der Waals surface area (Å²) in [5.41, 5.74) is 2.70. The lowest BCUT2D eigenvalue weighted by atomic mass is 10.00. The van der Waals surface area contributed by atoms with Gasteiger partial charge in [0.25, 0.3) is 5.91 Å². The summed E-state index contributed by atoms with van der Waals surface area (Å²) in [6.07, 6.45) is 1.75. The molecule has 0 fully saturated rings. The molecule has 36 heavy (non-hydrogen) atoms. The molecule has 1 aromatic heterocycles. The standard InChI is InChI=1S/C29H33ClN2O3S/c1-4-20(2)17-31(29(34)24-8-6-5-7-21(24)3)18-28(33)32-15-13-27-25(14-16-36-27)26(32)19-35-23-11-9-22(30)10-12-23/h5-12,14,16,20,26H,4,13,15,17-19H2,1-3H3/t20-,26-/m1/s1. The van der Waals surface area contributed by atoms with E-state index in [0.29, 0.717) is 41.9 Å². The van der Waals surface area contributed by atoms with Crippen molar-refractivity contribution in [2.24, 2.45) is 5.92 Å². The molecule has 0 bridgehead atoms. The Balaban J connectivity index is 1.55. The van der Waals surface area contributed by atoms with Crippen LogP contribution in [0.25, 0.3) is 0 Å². The number of carbonyl (C=O) groups is 2. The van der Waals surface area contributed by atoms with Crippen molar-refractivity contribution >= 4 is 34.8 Å². The van der Waals surface area contributed by atoms with Gasteiger partial charge in [-0.15, -0.1) is 11.3 Å². The number of nitrogens with zero attached hydrogens (tertiary/aromatic N) is 2. The van der Waals surface area contributed by atoms with Crippen molar-refractivity contribution in [3.8, 4) is 5.75 Å². The normalized spacial score (nSPS) is 15.8. The summed E-state index contributed by atoms with van der Waals surface area (Å²) in [5.74, 6) is 0.854. The van der Waals surface area contributed by atoms with Gasteiger partial charge in [-0.3, -0.25) is 9.59 Å². The average Bonchev–Trinajstić information content (AvgIpc) is 3.36. The van der Waals surface area contributed by atoms with Gasteiger partial charge in [0, 0.05) is 28.6 Å². The zero-order chi connectivity index (χ0) is 25.7. The van der Waals surface area contributed by atoms with Crippen LogP contribution in [-0.2, 0) is 11.2 Å². The Hall–Kier alpha value is -2.83. The van der Waals surface area contributed by atoms with E-state index in [-0.39, 0.29) is 24.4 Å². The number of hydrogen-bond acceptors (Lipinski definition) is 4. The summed E-state index contributed by atoms with van der Waals surface area (Å²) in [6.45, 7) is 7.70. The second-order valence-corrected chi connectivity index (χ2v) is 10.9. The van der Waals surface area contributed by atoms with E-state index in [1.165, 1.54) is 4.88 Å². The van der Waals surface area contributed by atoms with Crippen molar-refractivity contribution in [2.75, 3.05) is 26.2 Å². The summed E-state index contributed by atoms with van der Waals surface area (Å²) in [6, 6.07) is 16.7. The predicted octanol–water partition coefficient (Wildman–Crippen LogP) is 6.40. The van der Waals surface area contributed by atoms with E-state index < -0.39 is 0 Å². The van der Waals surface area contributed by atoms with E-state index in [1.807, 2.05) is 48.2 Å². The van der Waals surface area contributed by atoms with Gasteiger partial charge in [0.2, 0.25) is 5.91 Å². The lowest BCUT2D eigenvalue weighted by molar-refractivity contribution is -0.135. The molecule has 0 N–H and O–H groups in total. The van der Waals surface area contributed by atoms with Gasteiger partial charge in [-0.05, 0) is 72.2 Å². The van der Waals surface area contributed by atoms with Crippen molar-refractivity contribution in [3.05, 3.63) is 86.6 Å². The van der Waals surface area contributed by atoms with E-state index in [1.54, 1.807) is 28.4 Å². The highest BCUT2D eigenvalue weighted by molar-refractivity contribution is 7.10. The van der Waals surface area contributed by atoms with Gasteiger partial charge in [0.15, 0.2) is 0 Å². The lowest BCUT2D eigenvalue weighted by Crippen LogP contribution is -2.48. The van der Waals surface area contributed by atoms with Crippen LogP contribution in [-0.4, -0.2) is 47.9 Å². The molecule has 3 aromatic rings. The van der Waals surface area contributed by atoms with Gasteiger partial charge in [0.05, 0.1) is 6.04 Å². The van der Waals surface area contributed by atoms with Gasteiger partial charge in [-0.1, -0.05) is 50.1 Å². The number of aryl methyl sites for hydroxylation is 1. The fourth-order valence-electron chi connectivity index (χ4n) is 4.54. The Morgan fingerprint density at radius 3 is 2.64 bits per heavy atom. The molecule has 5 nitrogen and oxygen atoms in total. The van der Waals surface area contributed by atoms with Gasteiger partial charge in [0.1, 0.15) is 18.9 Å². The molecule has 0 saturated heterocycles.